The van der Waals surface area contributed by atoms with Crippen LogP contribution in [0, 0.1) is 6.92 Å². The van der Waals surface area contributed by atoms with Gasteiger partial charge in [-0.15, -0.1) is 0 Å². The van der Waals surface area contributed by atoms with Crippen molar-refractivity contribution in [1.82, 2.24) is 0 Å². The maximum atomic E-state index is 5.78. The van der Waals surface area contributed by atoms with E-state index in [0.717, 1.165) is 17.0 Å². The molecular weight excluding hydrogens is 198 g/mol. The number of ether oxygens (including phenoxy) is 1. The van der Waals surface area contributed by atoms with Gasteiger partial charge >= 0.3 is 0 Å². The normalized spacial score (nSPS) is 10.1. The van der Waals surface area contributed by atoms with Gasteiger partial charge in [0.2, 0.25) is 0 Å². The van der Waals surface area contributed by atoms with Crippen LogP contribution in [0.1, 0.15) is 5.56 Å². The largest absolute Gasteiger partial charge is 0.497 e. The SMILES string of the molecule is COc1ccc(-c2cccc(N)c2)c(C)c1. The molecule has 0 aromatic heterocycles. The van der Waals surface area contributed by atoms with Gasteiger partial charge in [0.05, 0.1) is 7.11 Å². The van der Waals surface area contributed by atoms with Gasteiger partial charge in [0, 0.05) is 5.69 Å². The first-order valence-corrected chi connectivity index (χ1v) is 5.21. The molecular formula is C14H15NO. The monoisotopic (exact) mass is 213 g/mol. The van der Waals surface area contributed by atoms with Crippen molar-refractivity contribution < 1.29 is 4.74 Å². The Morgan fingerprint density at radius 3 is 2.50 bits per heavy atom. The number of nitrogens with two attached hydrogens (primary N) is 1. The first-order chi connectivity index (χ1) is 7.70. The van der Waals surface area contributed by atoms with Gasteiger partial charge in [0.25, 0.3) is 0 Å². The van der Waals surface area contributed by atoms with Crippen LogP contribution in [0.25, 0.3) is 11.1 Å². The molecule has 2 aromatic carbocycles. The maximum absolute atomic E-state index is 5.78. The Morgan fingerprint density at radius 1 is 1.06 bits per heavy atom. The van der Waals surface area contributed by atoms with E-state index in [9.17, 15) is 0 Å². The van der Waals surface area contributed by atoms with Gasteiger partial charge in [-0.1, -0.05) is 18.2 Å². The minimum absolute atomic E-state index is 0.785. The topological polar surface area (TPSA) is 35.2 Å². The molecule has 0 saturated carbocycles. The van der Waals surface area contributed by atoms with Crippen LogP contribution in [0.4, 0.5) is 5.69 Å². The second-order valence-corrected chi connectivity index (χ2v) is 3.81. The Morgan fingerprint density at radius 2 is 1.88 bits per heavy atom. The molecule has 0 fully saturated rings. The van der Waals surface area contributed by atoms with Crippen LogP contribution in [0.15, 0.2) is 42.5 Å². The zero-order valence-corrected chi connectivity index (χ0v) is 9.53. The Bertz CT molecular complexity index is 506. The zero-order chi connectivity index (χ0) is 11.5. The van der Waals surface area contributed by atoms with E-state index in [1.54, 1.807) is 7.11 Å². The molecule has 2 nitrogen and oxygen atoms in total. The second-order valence-electron chi connectivity index (χ2n) is 3.81. The fourth-order valence-corrected chi connectivity index (χ4v) is 1.79. The zero-order valence-electron chi connectivity index (χ0n) is 9.53. The highest BCUT2D eigenvalue weighted by Crippen LogP contribution is 2.27. The molecule has 2 aromatic rings. The molecule has 82 valence electrons. The van der Waals surface area contributed by atoms with E-state index in [4.69, 9.17) is 10.5 Å². The number of benzene rings is 2. The highest BCUT2D eigenvalue weighted by atomic mass is 16.5. The molecule has 0 aliphatic carbocycles. The summed E-state index contributed by atoms with van der Waals surface area (Å²) in [6, 6.07) is 13.9. The van der Waals surface area contributed by atoms with Gasteiger partial charge in [0.15, 0.2) is 0 Å². The van der Waals surface area contributed by atoms with Crippen molar-refractivity contribution in [3.05, 3.63) is 48.0 Å². The predicted molar refractivity (Wildman–Crippen MR) is 67.6 cm³/mol. The summed E-state index contributed by atoms with van der Waals surface area (Å²) in [7, 11) is 1.68. The van der Waals surface area contributed by atoms with E-state index >= 15 is 0 Å². The van der Waals surface area contributed by atoms with Crippen molar-refractivity contribution in [2.75, 3.05) is 12.8 Å². The molecule has 0 radical (unpaired) electrons. The van der Waals surface area contributed by atoms with Crippen molar-refractivity contribution in [2.24, 2.45) is 0 Å². The fraction of sp³-hybridized carbons (Fsp3) is 0.143. The Hall–Kier alpha value is -1.96. The lowest BCUT2D eigenvalue weighted by Gasteiger charge is -2.08. The van der Waals surface area contributed by atoms with Crippen LogP contribution in [-0.2, 0) is 0 Å². The summed E-state index contributed by atoms with van der Waals surface area (Å²) in [4.78, 5) is 0. The Kier molecular flexibility index (Phi) is 2.82. The van der Waals surface area contributed by atoms with Crippen molar-refractivity contribution in [3.63, 3.8) is 0 Å². The summed E-state index contributed by atoms with van der Waals surface area (Å²) >= 11 is 0. The van der Waals surface area contributed by atoms with Crippen LogP contribution in [0.5, 0.6) is 5.75 Å². The summed E-state index contributed by atoms with van der Waals surface area (Å²) in [6.45, 7) is 2.07. The third-order valence-corrected chi connectivity index (χ3v) is 2.63. The molecule has 0 amide bonds. The van der Waals surface area contributed by atoms with Crippen molar-refractivity contribution in [1.29, 1.82) is 0 Å². The highest BCUT2D eigenvalue weighted by molar-refractivity contribution is 5.70. The average molecular weight is 213 g/mol. The first kappa shape index (κ1) is 10.6. The van der Waals surface area contributed by atoms with Crippen LogP contribution < -0.4 is 10.5 Å². The van der Waals surface area contributed by atoms with E-state index in [0.29, 0.717) is 0 Å². The minimum atomic E-state index is 0.785. The van der Waals surface area contributed by atoms with Crippen molar-refractivity contribution >= 4 is 5.69 Å². The van der Waals surface area contributed by atoms with Gasteiger partial charge in [-0.05, 0) is 47.9 Å². The summed E-state index contributed by atoms with van der Waals surface area (Å²) in [5.74, 6) is 0.880. The molecule has 2 heteroatoms. The molecule has 0 spiro atoms. The Balaban J connectivity index is 2.48. The van der Waals surface area contributed by atoms with Crippen LogP contribution in [-0.4, -0.2) is 7.11 Å². The summed E-state index contributed by atoms with van der Waals surface area (Å²) in [5.41, 5.74) is 10.1. The van der Waals surface area contributed by atoms with Gasteiger partial charge in [-0.3, -0.25) is 0 Å². The number of anilines is 1. The predicted octanol–water partition coefficient (Wildman–Crippen LogP) is 3.25. The molecule has 2 N–H and O–H groups in total. The maximum Gasteiger partial charge on any atom is 0.119 e. The minimum Gasteiger partial charge on any atom is -0.497 e. The standard InChI is InChI=1S/C14H15NO/c1-10-8-13(16-2)6-7-14(10)11-4-3-5-12(15)9-11/h3-9H,15H2,1-2H3. The summed E-state index contributed by atoms with van der Waals surface area (Å²) < 4.78 is 5.18. The van der Waals surface area contributed by atoms with Crippen LogP contribution in [0.3, 0.4) is 0 Å². The average Bonchev–Trinajstić information content (AvgIpc) is 2.28. The molecule has 0 aliphatic heterocycles. The number of hydrogen-bond acceptors (Lipinski definition) is 2. The third-order valence-electron chi connectivity index (χ3n) is 2.63. The molecule has 0 unspecified atom stereocenters. The molecule has 0 bridgehead atoms. The number of nitrogen functional groups attached to an aromatic ring is 1. The van der Waals surface area contributed by atoms with E-state index < -0.39 is 0 Å². The quantitative estimate of drug-likeness (QED) is 0.777. The molecule has 0 heterocycles. The van der Waals surface area contributed by atoms with Crippen LogP contribution in [0.2, 0.25) is 0 Å². The van der Waals surface area contributed by atoms with Crippen LogP contribution >= 0.6 is 0 Å². The van der Waals surface area contributed by atoms with Crippen molar-refractivity contribution in [3.8, 4) is 16.9 Å². The highest BCUT2D eigenvalue weighted by Gasteiger charge is 2.03. The third kappa shape index (κ3) is 2.01. The van der Waals surface area contributed by atoms with Crippen molar-refractivity contribution in [2.45, 2.75) is 6.92 Å². The van der Waals surface area contributed by atoms with E-state index in [1.165, 1.54) is 11.1 Å². The summed E-state index contributed by atoms with van der Waals surface area (Å²) in [6.07, 6.45) is 0. The Labute approximate surface area is 95.7 Å². The lowest BCUT2D eigenvalue weighted by Crippen LogP contribution is -1.89. The lowest BCUT2D eigenvalue weighted by atomic mass is 10.00. The number of rotatable bonds is 2. The molecule has 0 aliphatic rings. The van der Waals surface area contributed by atoms with E-state index in [1.807, 2.05) is 30.3 Å². The van der Waals surface area contributed by atoms with E-state index in [-0.39, 0.29) is 0 Å². The van der Waals surface area contributed by atoms with Gasteiger partial charge in [-0.2, -0.15) is 0 Å². The molecule has 2 rings (SSSR count). The van der Waals surface area contributed by atoms with Gasteiger partial charge < -0.3 is 10.5 Å². The number of hydrogen-bond donors (Lipinski definition) is 1. The first-order valence-electron chi connectivity index (χ1n) is 5.21. The fourth-order valence-electron chi connectivity index (χ4n) is 1.79. The van der Waals surface area contributed by atoms with Gasteiger partial charge in [0.1, 0.15) is 5.75 Å². The van der Waals surface area contributed by atoms with Gasteiger partial charge in [-0.25, -0.2) is 0 Å². The molecule has 16 heavy (non-hydrogen) atoms. The lowest BCUT2D eigenvalue weighted by molar-refractivity contribution is 0.414. The smallest absolute Gasteiger partial charge is 0.119 e. The molecule has 0 atom stereocenters. The number of methoxy groups -OCH3 is 1. The van der Waals surface area contributed by atoms with E-state index in [2.05, 4.69) is 19.1 Å². The number of aryl methyl sites for hydroxylation is 1. The summed E-state index contributed by atoms with van der Waals surface area (Å²) in [5, 5.41) is 0. The second kappa shape index (κ2) is 4.27. The molecule has 0 saturated heterocycles.